The van der Waals surface area contributed by atoms with Crippen LogP contribution in [0.25, 0.3) is 11.4 Å². The number of rotatable bonds is 1. The lowest BCUT2D eigenvalue weighted by Gasteiger charge is -2.17. The number of anilines is 1. The van der Waals surface area contributed by atoms with Crippen LogP contribution in [0.3, 0.4) is 0 Å². The van der Waals surface area contributed by atoms with Gasteiger partial charge in [-0.2, -0.15) is 5.10 Å². The van der Waals surface area contributed by atoms with Crippen molar-refractivity contribution in [1.82, 2.24) is 14.8 Å². The third-order valence-corrected chi connectivity index (χ3v) is 3.12. The molecule has 2 heterocycles. The van der Waals surface area contributed by atoms with Crippen LogP contribution in [0.1, 0.15) is 24.7 Å². The molecule has 0 amide bonds. The third kappa shape index (κ3) is 1.68. The highest BCUT2D eigenvalue weighted by molar-refractivity contribution is 5.70. The fraction of sp³-hybridized carbons (Fsp3) is 0.333. The summed E-state index contributed by atoms with van der Waals surface area (Å²) < 4.78 is 1.90. The van der Waals surface area contributed by atoms with E-state index in [0.29, 0.717) is 11.5 Å². The minimum absolute atomic E-state index is 0.00469. The van der Waals surface area contributed by atoms with E-state index in [1.54, 1.807) is 0 Å². The molecular formula is C12H15N5. The van der Waals surface area contributed by atoms with E-state index in [-0.39, 0.29) is 6.04 Å². The molecule has 1 aromatic heterocycles. The second kappa shape index (κ2) is 3.85. The number of nitrogen functional groups attached to an aromatic ring is 1. The molecule has 0 saturated heterocycles. The molecule has 2 aromatic rings. The van der Waals surface area contributed by atoms with Crippen LogP contribution < -0.4 is 11.5 Å². The zero-order valence-corrected chi connectivity index (χ0v) is 9.50. The summed E-state index contributed by atoms with van der Waals surface area (Å²) in [5.74, 6) is 1.55. The molecule has 1 aliphatic rings. The van der Waals surface area contributed by atoms with E-state index in [9.17, 15) is 0 Å². The van der Waals surface area contributed by atoms with Gasteiger partial charge in [0, 0.05) is 17.8 Å². The average Bonchev–Trinajstić information content (AvgIpc) is 2.75. The van der Waals surface area contributed by atoms with Gasteiger partial charge < -0.3 is 11.5 Å². The second-order valence-electron chi connectivity index (χ2n) is 4.35. The van der Waals surface area contributed by atoms with Crippen molar-refractivity contribution in [3.63, 3.8) is 0 Å². The Morgan fingerprint density at radius 3 is 2.88 bits per heavy atom. The Morgan fingerprint density at radius 2 is 2.12 bits per heavy atom. The number of hydrogen-bond acceptors (Lipinski definition) is 4. The van der Waals surface area contributed by atoms with Gasteiger partial charge in [0.25, 0.3) is 0 Å². The van der Waals surface area contributed by atoms with Crippen LogP contribution in [0, 0.1) is 0 Å². The first kappa shape index (κ1) is 10.3. The van der Waals surface area contributed by atoms with Crippen LogP contribution in [-0.2, 0) is 6.54 Å². The van der Waals surface area contributed by atoms with E-state index in [2.05, 4.69) is 10.1 Å². The van der Waals surface area contributed by atoms with E-state index in [4.69, 9.17) is 11.5 Å². The Bertz CT molecular complexity index is 546. The van der Waals surface area contributed by atoms with Crippen molar-refractivity contribution < 1.29 is 0 Å². The van der Waals surface area contributed by atoms with Crippen molar-refractivity contribution in [1.29, 1.82) is 0 Å². The fourth-order valence-electron chi connectivity index (χ4n) is 2.20. The molecule has 0 aliphatic carbocycles. The van der Waals surface area contributed by atoms with Crippen LogP contribution in [0.15, 0.2) is 24.3 Å². The largest absolute Gasteiger partial charge is 0.398 e. The molecule has 0 bridgehead atoms. The topological polar surface area (TPSA) is 82.8 Å². The van der Waals surface area contributed by atoms with Crippen LogP contribution in [0.5, 0.6) is 0 Å². The quantitative estimate of drug-likeness (QED) is 0.722. The SMILES string of the molecule is Nc1ccccc1-c1nc2n(n1)CCCC2N. The smallest absolute Gasteiger partial charge is 0.183 e. The highest BCUT2D eigenvalue weighted by Gasteiger charge is 2.21. The number of nitrogens with two attached hydrogens (primary N) is 2. The molecule has 17 heavy (non-hydrogen) atoms. The van der Waals surface area contributed by atoms with Gasteiger partial charge in [-0.25, -0.2) is 9.67 Å². The standard InChI is InChI=1S/C12H15N5/c13-9-5-2-1-4-8(9)11-15-12-10(14)6-3-7-17(12)16-11/h1-2,4-5,10H,3,6-7,13-14H2. The summed E-state index contributed by atoms with van der Waals surface area (Å²) in [7, 11) is 0. The summed E-state index contributed by atoms with van der Waals surface area (Å²) in [6, 6.07) is 7.62. The molecule has 0 spiro atoms. The van der Waals surface area contributed by atoms with E-state index >= 15 is 0 Å². The van der Waals surface area contributed by atoms with Crippen LogP contribution in [0.4, 0.5) is 5.69 Å². The molecular weight excluding hydrogens is 214 g/mol. The van der Waals surface area contributed by atoms with Crippen molar-refractivity contribution in [3.8, 4) is 11.4 Å². The van der Waals surface area contributed by atoms with Gasteiger partial charge in [-0.3, -0.25) is 0 Å². The highest BCUT2D eigenvalue weighted by Crippen LogP contribution is 2.27. The molecule has 5 nitrogen and oxygen atoms in total. The maximum absolute atomic E-state index is 6.02. The van der Waals surface area contributed by atoms with Gasteiger partial charge in [0.1, 0.15) is 5.82 Å². The molecule has 1 atom stereocenters. The normalized spacial score (nSPS) is 19.0. The van der Waals surface area contributed by atoms with Crippen LogP contribution in [-0.4, -0.2) is 14.8 Å². The second-order valence-corrected chi connectivity index (χ2v) is 4.35. The maximum atomic E-state index is 6.02. The zero-order chi connectivity index (χ0) is 11.8. The number of aryl methyl sites for hydroxylation is 1. The van der Waals surface area contributed by atoms with E-state index in [1.165, 1.54) is 0 Å². The fourth-order valence-corrected chi connectivity index (χ4v) is 2.20. The Balaban J connectivity index is 2.08. The van der Waals surface area contributed by atoms with E-state index < -0.39 is 0 Å². The highest BCUT2D eigenvalue weighted by atomic mass is 15.4. The number of fused-ring (bicyclic) bond motifs is 1. The van der Waals surface area contributed by atoms with Crippen LogP contribution >= 0.6 is 0 Å². The van der Waals surface area contributed by atoms with Crippen molar-refractivity contribution in [2.45, 2.75) is 25.4 Å². The van der Waals surface area contributed by atoms with E-state index in [1.807, 2.05) is 28.9 Å². The summed E-state index contributed by atoms with van der Waals surface area (Å²) in [5.41, 5.74) is 13.5. The van der Waals surface area contributed by atoms with Gasteiger partial charge in [0.15, 0.2) is 5.82 Å². The lowest BCUT2D eigenvalue weighted by atomic mass is 10.1. The molecule has 0 saturated carbocycles. The molecule has 88 valence electrons. The summed E-state index contributed by atoms with van der Waals surface area (Å²) in [5, 5.41) is 4.48. The summed E-state index contributed by atoms with van der Waals surface area (Å²) in [6.45, 7) is 0.892. The van der Waals surface area contributed by atoms with Crippen molar-refractivity contribution in [2.24, 2.45) is 5.73 Å². The Hall–Kier alpha value is -1.88. The number of benzene rings is 1. The van der Waals surface area contributed by atoms with Crippen LogP contribution in [0.2, 0.25) is 0 Å². The monoisotopic (exact) mass is 229 g/mol. The van der Waals surface area contributed by atoms with Crippen molar-refractivity contribution in [2.75, 3.05) is 5.73 Å². The summed E-state index contributed by atoms with van der Waals surface area (Å²) in [6.07, 6.45) is 2.03. The number of aromatic nitrogens is 3. The van der Waals surface area contributed by atoms with Gasteiger partial charge in [-0.1, -0.05) is 12.1 Å². The molecule has 4 N–H and O–H groups in total. The lowest BCUT2D eigenvalue weighted by molar-refractivity contribution is 0.422. The van der Waals surface area contributed by atoms with Crippen molar-refractivity contribution >= 4 is 5.69 Å². The minimum atomic E-state index is -0.00469. The van der Waals surface area contributed by atoms with Gasteiger partial charge in [0.05, 0.1) is 6.04 Å². The predicted molar refractivity (Wildman–Crippen MR) is 66.0 cm³/mol. The van der Waals surface area contributed by atoms with Gasteiger partial charge >= 0.3 is 0 Å². The molecule has 0 fully saturated rings. The Kier molecular flexibility index (Phi) is 2.33. The first-order valence-corrected chi connectivity index (χ1v) is 5.81. The van der Waals surface area contributed by atoms with Gasteiger partial charge in [-0.15, -0.1) is 0 Å². The Labute approximate surface area is 99.4 Å². The average molecular weight is 229 g/mol. The summed E-state index contributed by atoms with van der Waals surface area (Å²) in [4.78, 5) is 4.51. The third-order valence-electron chi connectivity index (χ3n) is 3.12. The maximum Gasteiger partial charge on any atom is 0.183 e. The predicted octanol–water partition coefficient (Wildman–Crippen LogP) is 1.32. The number of hydrogen-bond donors (Lipinski definition) is 2. The molecule has 1 unspecified atom stereocenters. The molecule has 0 radical (unpaired) electrons. The van der Waals surface area contributed by atoms with Crippen molar-refractivity contribution in [3.05, 3.63) is 30.1 Å². The first-order valence-electron chi connectivity index (χ1n) is 5.81. The molecule has 5 heteroatoms. The van der Waals surface area contributed by atoms with E-state index in [0.717, 1.165) is 30.8 Å². The first-order chi connectivity index (χ1) is 8.25. The molecule has 1 aliphatic heterocycles. The lowest BCUT2D eigenvalue weighted by Crippen LogP contribution is -2.22. The van der Waals surface area contributed by atoms with Gasteiger partial charge in [0.2, 0.25) is 0 Å². The summed E-state index contributed by atoms with van der Waals surface area (Å²) >= 11 is 0. The zero-order valence-electron chi connectivity index (χ0n) is 9.50. The van der Waals surface area contributed by atoms with Gasteiger partial charge in [-0.05, 0) is 25.0 Å². The number of para-hydroxylation sites is 1. The number of nitrogens with zero attached hydrogens (tertiary/aromatic N) is 3. The Morgan fingerprint density at radius 1 is 1.29 bits per heavy atom. The molecule has 1 aromatic carbocycles. The minimum Gasteiger partial charge on any atom is -0.398 e. The molecule has 3 rings (SSSR count).